The minimum atomic E-state index is -0.809. The van der Waals surface area contributed by atoms with E-state index in [9.17, 15) is 14.4 Å². The molecule has 2 heterocycles. The molecule has 154 valence electrons. The second-order valence-electron chi connectivity index (χ2n) is 7.93. The van der Waals surface area contributed by atoms with E-state index in [0.29, 0.717) is 11.5 Å². The van der Waals surface area contributed by atoms with E-state index >= 15 is 0 Å². The van der Waals surface area contributed by atoms with Gasteiger partial charge in [0.2, 0.25) is 17.5 Å². The summed E-state index contributed by atoms with van der Waals surface area (Å²) >= 11 is 12.7. The molecule has 6 rings (SSSR count). The number of H-pyrrole nitrogens is 1. The molecule has 3 fully saturated rings. The first-order valence-corrected chi connectivity index (χ1v) is 10.1. The van der Waals surface area contributed by atoms with Crippen LogP contribution in [0.3, 0.4) is 0 Å². The van der Waals surface area contributed by atoms with Crippen molar-refractivity contribution in [1.29, 1.82) is 0 Å². The molecule has 3 saturated carbocycles. The average Bonchev–Trinajstić information content (AvgIpc) is 3.05. The molecule has 1 aliphatic heterocycles. The van der Waals surface area contributed by atoms with Crippen LogP contribution < -0.4 is 10.5 Å². The highest BCUT2D eigenvalue weighted by Crippen LogP contribution is 2.68. The van der Waals surface area contributed by atoms with Crippen molar-refractivity contribution in [3.8, 4) is 5.75 Å². The van der Waals surface area contributed by atoms with Crippen LogP contribution in [-0.4, -0.2) is 34.1 Å². The maximum absolute atomic E-state index is 12.3. The number of aromatic nitrogens is 2. The van der Waals surface area contributed by atoms with Crippen LogP contribution >= 0.6 is 23.2 Å². The van der Waals surface area contributed by atoms with Crippen molar-refractivity contribution in [2.24, 2.45) is 16.3 Å². The van der Waals surface area contributed by atoms with Crippen LogP contribution in [0.1, 0.15) is 35.4 Å². The third-order valence-electron chi connectivity index (χ3n) is 5.89. The van der Waals surface area contributed by atoms with Crippen molar-refractivity contribution in [3.05, 3.63) is 55.8 Å². The Balaban J connectivity index is 1.34. The average molecular weight is 448 g/mol. The summed E-state index contributed by atoms with van der Waals surface area (Å²) in [4.78, 5) is 41.9. The number of ketones is 2. The van der Waals surface area contributed by atoms with Crippen molar-refractivity contribution >= 4 is 40.7 Å². The minimum Gasteiger partial charge on any atom is -0.436 e. The molecule has 8 nitrogen and oxygen atoms in total. The van der Waals surface area contributed by atoms with Crippen molar-refractivity contribution in [1.82, 2.24) is 10.1 Å². The molecule has 2 bridgehead atoms. The van der Waals surface area contributed by atoms with E-state index in [-0.39, 0.29) is 45.8 Å². The molecule has 0 atom stereocenters. The van der Waals surface area contributed by atoms with Gasteiger partial charge in [0.05, 0.1) is 10.0 Å². The van der Waals surface area contributed by atoms with Gasteiger partial charge in [0.15, 0.2) is 11.5 Å². The summed E-state index contributed by atoms with van der Waals surface area (Å²) in [5.74, 6) is -0.166. The van der Waals surface area contributed by atoms with Crippen LogP contribution in [0.4, 0.5) is 0 Å². The lowest BCUT2D eigenvalue weighted by molar-refractivity contribution is -0.123. The first-order valence-electron chi connectivity index (χ1n) is 9.38. The number of aromatic amines is 1. The van der Waals surface area contributed by atoms with Gasteiger partial charge >= 0.3 is 5.76 Å². The molecule has 0 radical (unpaired) electrons. The van der Waals surface area contributed by atoms with Gasteiger partial charge in [-0.3, -0.25) is 19.1 Å². The van der Waals surface area contributed by atoms with E-state index in [4.69, 9.17) is 27.9 Å². The van der Waals surface area contributed by atoms with Gasteiger partial charge in [0.25, 0.3) is 0 Å². The van der Waals surface area contributed by atoms with E-state index in [2.05, 4.69) is 19.7 Å². The Morgan fingerprint density at radius 3 is 2.50 bits per heavy atom. The maximum atomic E-state index is 12.3. The Hall–Kier alpha value is -2.71. The Kier molecular flexibility index (Phi) is 4.44. The predicted molar refractivity (Wildman–Crippen MR) is 107 cm³/mol. The molecule has 0 amide bonds. The van der Waals surface area contributed by atoms with Crippen molar-refractivity contribution in [2.75, 3.05) is 6.54 Å². The van der Waals surface area contributed by atoms with Gasteiger partial charge < -0.3 is 4.74 Å². The van der Waals surface area contributed by atoms with Crippen LogP contribution in [0.15, 0.2) is 38.1 Å². The highest BCUT2D eigenvalue weighted by Gasteiger charge is 2.60. The molecule has 4 aliphatic rings. The zero-order valence-electron chi connectivity index (χ0n) is 15.5. The summed E-state index contributed by atoms with van der Waals surface area (Å²) < 4.78 is 10.2. The molecular formula is C20H15Cl2N3O5. The summed E-state index contributed by atoms with van der Waals surface area (Å²) in [5, 5.41) is 3.75. The van der Waals surface area contributed by atoms with Crippen LogP contribution in [0, 0.1) is 11.3 Å². The first-order chi connectivity index (χ1) is 14.3. The third-order valence-corrected chi connectivity index (χ3v) is 6.45. The Labute approximate surface area is 179 Å². The number of dihydropyridines is 1. The van der Waals surface area contributed by atoms with E-state index in [1.165, 1.54) is 0 Å². The number of nitrogens with one attached hydrogen (secondary N) is 1. The predicted octanol–water partition coefficient (Wildman–Crippen LogP) is 3.18. The van der Waals surface area contributed by atoms with Crippen LogP contribution in [0.5, 0.6) is 5.75 Å². The Morgan fingerprint density at radius 2 is 1.93 bits per heavy atom. The van der Waals surface area contributed by atoms with E-state index in [1.54, 1.807) is 18.2 Å². The van der Waals surface area contributed by atoms with E-state index in [1.807, 2.05) is 0 Å². The van der Waals surface area contributed by atoms with Gasteiger partial charge in [-0.2, -0.15) is 0 Å². The Morgan fingerprint density at radius 1 is 1.23 bits per heavy atom. The lowest BCUT2D eigenvalue weighted by Crippen LogP contribution is -2.55. The first kappa shape index (κ1) is 19.3. The highest BCUT2D eigenvalue weighted by atomic mass is 35.5. The Bertz CT molecular complexity index is 1170. The summed E-state index contributed by atoms with van der Waals surface area (Å²) in [7, 11) is 0. The molecule has 30 heavy (non-hydrogen) atoms. The van der Waals surface area contributed by atoms with Crippen LogP contribution in [0.25, 0.3) is 0 Å². The number of benzene rings is 1. The third kappa shape index (κ3) is 3.20. The summed E-state index contributed by atoms with van der Waals surface area (Å²) in [6.45, 7) is 0.0469. The molecule has 10 heteroatoms. The fourth-order valence-corrected chi connectivity index (χ4v) is 4.95. The molecule has 0 unspecified atom stereocenters. The molecule has 3 aliphatic carbocycles. The van der Waals surface area contributed by atoms with Gasteiger partial charge in [-0.25, -0.2) is 9.79 Å². The number of nitrogens with zero attached hydrogens (tertiary/aromatic N) is 2. The van der Waals surface area contributed by atoms with Crippen molar-refractivity contribution in [3.63, 3.8) is 0 Å². The van der Waals surface area contributed by atoms with Gasteiger partial charge in [-0.15, -0.1) is 0 Å². The number of hydrogen-bond acceptors (Lipinski definition) is 7. The summed E-state index contributed by atoms with van der Waals surface area (Å²) in [6, 6.07) is 3.08. The molecular weight excluding hydrogens is 433 g/mol. The normalized spacial score (nSPS) is 24.5. The molecule has 0 saturated heterocycles. The molecule has 2 aromatic rings. The zero-order valence-corrected chi connectivity index (χ0v) is 17.0. The summed E-state index contributed by atoms with van der Waals surface area (Å²) in [6.07, 6.45) is 4.77. The zero-order chi connectivity index (χ0) is 21.0. The summed E-state index contributed by atoms with van der Waals surface area (Å²) in [5.41, 5.74) is 1.30. The maximum Gasteiger partial charge on any atom is 0.439 e. The number of rotatable bonds is 5. The van der Waals surface area contributed by atoms with Crippen molar-refractivity contribution in [2.45, 2.75) is 25.7 Å². The lowest BCUT2D eigenvalue weighted by atomic mass is 9.41. The van der Waals surface area contributed by atoms with E-state index < -0.39 is 11.5 Å². The number of halogens is 2. The number of ether oxygens (including phenoxy) is 1. The minimum absolute atomic E-state index is 0.00615. The SMILES string of the molecule is O=C1CN=C(Oc2c(Cl)cc(CC(=O)c3noc(=O)[nH]3)cc2Cl)C=C1C12CC(C1)C2. The number of carbonyl (C=O) groups is 2. The van der Waals surface area contributed by atoms with Crippen LogP contribution in [0.2, 0.25) is 10.0 Å². The van der Waals surface area contributed by atoms with Crippen molar-refractivity contribution < 1.29 is 18.8 Å². The van der Waals surface area contributed by atoms with Crippen LogP contribution in [-0.2, 0) is 11.2 Å². The topological polar surface area (TPSA) is 115 Å². The largest absolute Gasteiger partial charge is 0.439 e. The highest BCUT2D eigenvalue weighted by molar-refractivity contribution is 6.37. The number of carbonyl (C=O) groups excluding carboxylic acids is 2. The van der Waals surface area contributed by atoms with Gasteiger partial charge in [-0.05, 0) is 48.3 Å². The fourth-order valence-electron chi connectivity index (χ4n) is 4.34. The van der Waals surface area contributed by atoms with E-state index in [0.717, 1.165) is 30.8 Å². The second-order valence-corrected chi connectivity index (χ2v) is 8.74. The number of hydrogen-bond donors (Lipinski definition) is 1. The number of aliphatic imine (C=N–C) groups is 1. The smallest absolute Gasteiger partial charge is 0.436 e. The van der Waals surface area contributed by atoms with Gasteiger partial charge in [0, 0.05) is 18.1 Å². The molecule has 1 aromatic carbocycles. The van der Waals surface area contributed by atoms with Gasteiger partial charge in [0.1, 0.15) is 6.54 Å². The van der Waals surface area contributed by atoms with Gasteiger partial charge in [-0.1, -0.05) is 28.4 Å². The second kappa shape index (κ2) is 6.92. The molecule has 0 spiro atoms. The quantitative estimate of drug-likeness (QED) is 0.703. The monoisotopic (exact) mass is 447 g/mol. The molecule has 1 aromatic heterocycles. The standard InChI is InChI=1S/C20H15Cl2N3O5/c21-12-1-9(3-14(26)18-24-19(28)30-25-18)2-13(22)17(12)29-16-4-11(15(27)8-23-16)20-5-10(6-20)7-20/h1-2,4,10H,3,5-8H2,(H,24,25,28). The fraction of sp³-hybridized carbons (Fsp3) is 0.350. The molecule has 1 N–H and O–H groups in total. The lowest BCUT2D eigenvalue weighted by Gasteiger charge is -2.62. The number of Topliss-reactive ketones (excluding diaryl/α,β-unsaturated/α-hetero) is 2.